The van der Waals surface area contributed by atoms with E-state index < -0.39 is 34.7 Å². The van der Waals surface area contributed by atoms with Crippen LogP contribution in [0, 0.1) is 5.92 Å². The molecule has 2 aromatic rings. The van der Waals surface area contributed by atoms with Crippen LogP contribution in [0.2, 0.25) is 0 Å². The summed E-state index contributed by atoms with van der Waals surface area (Å²) in [6, 6.07) is 3.86. The number of carbonyl (C=O) groups excluding carboxylic acids is 1. The average molecular weight is 479 g/mol. The van der Waals surface area contributed by atoms with Gasteiger partial charge in [-0.2, -0.15) is 13.2 Å². The number of aromatic nitrogens is 2. The molecule has 1 aromatic carbocycles. The molecule has 1 saturated carbocycles. The number of sulfonamides is 1. The maximum absolute atomic E-state index is 13.0. The standard InChI is InChI=1S/C19H25F3N4O3S2/c1-3-8-25-16-7-6-14(31(23,28)29)9-15(16)24-18(25)30-10-17(27)26(11-19(20,21)22)12(2)13-4-5-13/h6-7,9,12-13H,3-5,8,10-11H2,1-2H3,(H2,23,28,29)/t12-/m1/s1. The van der Waals surface area contributed by atoms with Crippen molar-refractivity contribution in [1.82, 2.24) is 14.5 Å². The summed E-state index contributed by atoms with van der Waals surface area (Å²) < 4.78 is 64.2. The first-order chi connectivity index (χ1) is 14.4. The Morgan fingerprint density at radius 1 is 1.39 bits per heavy atom. The molecule has 1 aliphatic rings. The number of imidazole rings is 1. The minimum Gasteiger partial charge on any atom is -0.330 e. The van der Waals surface area contributed by atoms with Crippen LogP contribution in [0.5, 0.6) is 0 Å². The smallest absolute Gasteiger partial charge is 0.330 e. The molecule has 0 unspecified atom stereocenters. The zero-order chi connectivity index (χ0) is 23.0. The largest absolute Gasteiger partial charge is 0.406 e. The van der Waals surface area contributed by atoms with Crippen molar-refractivity contribution >= 4 is 38.7 Å². The van der Waals surface area contributed by atoms with Crippen molar-refractivity contribution < 1.29 is 26.4 Å². The van der Waals surface area contributed by atoms with Crippen molar-refractivity contribution in [3.05, 3.63) is 18.2 Å². The molecule has 172 valence electrons. The van der Waals surface area contributed by atoms with E-state index in [-0.39, 0.29) is 16.6 Å². The highest BCUT2D eigenvalue weighted by Gasteiger charge is 2.40. The van der Waals surface area contributed by atoms with E-state index >= 15 is 0 Å². The summed E-state index contributed by atoms with van der Waals surface area (Å²) in [6.45, 7) is 2.90. The maximum atomic E-state index is 13.0. The first-order valence-electron chi connectivity index (χ1n) is 9.93. The first-order valence-corrected chi connectivity index (χ1v) is 12.5. The fourth-order valence-electron chi connectivity index (χ4n) is 3.51. The highest BCUT2D eigenvalue weighted by Crippen LogP contribution is 2.36. The van der Waals surface area contributed by atoms with Crippen LogP contribution in [0.15, 0.2) is 28.3 Å². The first kappa shape index (κ1) is 23.9. The molecule has 1 aromatic heterocycles. The molecule has 12 heteroatoms. The second kappa shape index (κ2) is 8.99. The molecule has 3 rings (SSSR count). The van der Waals surface area contributed by atoms with E-state index in [1.807, 2.05) is 11.5 Å². The minimum absolute atomic E-state index is 0.0802. The van der Waals surface area contributed by atoms with Crippen molar-refractivity contribution in [1.29, 1.82) is 0 Å². The lowest BCUT2D eigenvalue weighted by molar-refractivity contribution is -0.164. The van der Waals surface area contributed by atoms with Crippen LogP contribution >= 0.6 is 11.8 Å². The van der Waals surface area contributed by atoms with Gasteiger partial charge < -0.3 is 9.47 Å². The van der Waals surface area contributed by atoms with E-state index in [9.17, 15) is 26.4 Å². The Bertz CT molecular complexity index is 1070. The molecule has 1 amide bonds. The number of rotatable bonds is 9. The number of nitrogens with two attached hydrogens (primary N) is 1. The summed E-state index contributed by atoms with van der Waals surface area (Å²) in [6.07, 6.45) is -2.06. The molecule has 0 spiro atoms. The number of amides is 1. The molecule has 0 radical (unpaired) electrons. The van der Waals surface area contributed by atoms with Crippen LogP contribution in [-0.2, 0) is 21.4 Å². The monoisotopic (exact) mass is 478 g/mol. The summed E-state index contributed by atoms with van der Waals surface area (Å²) in [7, 11) is -3.90. The highest BCUT2D eigenvalue weighted by molar-refractivity contribution is 7.99. The molecule has 1 fully saturated rings. The summed E-state index contributed by atoms with van der Waals surface area (Å²) in [5.74, 6) is -0.679. The Morgan fingerprint density at radius 2 is 2.06 bits per heavy atom. The predicted molar refractivity (Wildman–Crippen MR) is 112 cm³/mol. The minimum atomic E-state index is -4.47. The van der Waals surface area contributed by atoms with E-state index in [0.29, 0.717) is 22.7 Å². The second-order valence-corrected chi connectivity index (χ2v) is 10.2. The van der Waals surface area contributed by atoms with Gasteiger partial charge in [0.05, 0.1) is 21.7 Å². The molecular weight excluding hydrogens is 453 g/mol. The van der Waals surface area contributed by atoms with E-state index in [0.717, 1.165) is 35.9 Å². The van der Waals surface area contributed by atoms with Crippen molar-refractivity contribution in [2.75, 3.05) is 12.3 Å². The quantitative estimate of drug-likeness (QED) is 0.557. The molecule has 1 aliphatic carbocycles. The van der Waals surface area contributed by atoms with E-state index in [1.54, 1.807) is 13.0 Å². The fourth-order valence-corrected chi connectivity index (χ4v) is 4.97. The molecule has 0 saturated heterocycles. The number of alkyl halides is 3. The summed E-state index contributed by atoms with van der Waals surface area (Å²) >= 11 is 1.05. The zero-order valence-corrected chi connectivity index (χ0v) is 18.9. The number of hydrogen-bond donors (Lipinski definition) is 1. The zero-order valence-electron chi connectivity index (χ0n) is 17.2. The fraction of sp³-hybridized carbons (Fsp3) is 0.579. The molecule has 0 bridgehead atoms. The lowest BCUT2D eigenvalue weighted by Crippen LogP contribution is -2.46. The Balaban J connectivity index is 1.83. The Hall–Kier alpha value is -1.79. The van der Waals surface area contributed by atoms with Gasteiger partial charge in [0.1, 0.15) is 6.54 Å². The number of carbonyl (C=O) groups is 1. The van der Waals surface area contributed by atoms with Gasteiger partial charge in [0.15, 0.2) is 5.16 Å². The number of aryl methyl sites for hydroxylation is 1. The van der Waals surface area contributed by atoms with E-state index in [4.69, 9.17) is 5.14 Å². The summed E-state index contributed by atoms with van der Waals surface area (Å²) in [5.41, 5.74) is 1.07. The van der Waals surface area contributed by atoms with Gasteiger partial charge >= 0.3 is 6.18 Å². The Labute approximate surface area is 183 Å². The van der Waals surface area contributed by atoms with Crippen molar-refractivity contribution in [2.45, 2.75) is 61.9 Å². The van der Waals surface area contributed by atoms with E-state index in [1.165, 1.54) is 12.1 Å². The third-order valence-corrected chi connectivity index (χ3v) is 7.12. The second-order valence-electron chi connectivity index (χ2n) is 7.75. The third kappa shape index (κ3) is 5.92. The molecule has 1 heterocycles. The van der Waals surface area contributed by atoms with Gasteiger partial charge in [0.2, 0.25) is 15.9 Å². The van der Waals surface area contributed by atoms with Crippen LogP contribution < -0.4 is 5.14 Å². The molecule has 7 nitrogen and oxygen atoms in total. The molecule has 0 aliphatic heterocycles. The van der Waals surface area contributed by atoms with Gasteiger partial charge in [-0.25, -0.2) is 18.5 Å². The number of hydrogen-bond acceptors (Lipinski definition) is 5. The maximum Gasteiger partial charge on any atom is 0.406 e. The third-order valence-electron chi connectivity index (χ3n) is 5.25. The van der Waals surface area contributed by atoms with Crippen molar-refractivity contribution in [2.24, 2.45) is 11.1 Å². The Kier molecular flexibility index (Phi) is 6.92. The van der Waals surface area contributed by atoms with Gasteiger partial charge in [-0.1, -0.05) is 18.7 Å². The topological polar surface area (TPSA) is 98.3 Å². The van der Waals surface area contributed by atoms with Gasteiger partial charge in [0, 0.05) is 12.6 Å². The number of thioether (sulfide) groups is 1. The van der Waals surface area contributed by atoms with E-state index in [2.05, 4.69) is 4.98 Å². The lowest BCUT2D eigenvalue weighted by atomic mass is 10.2. The van der Waals surface area contributed by atoms with Gasteiger partial charge in [-0.05, 0) is 50.3 Å². The van der Waals surface area contributed by atoms with Crippen LogP contribution in [0.1, 0.15) is 33.1 Å². The normalized spacial score (nSPS) is 15.9. The summed E-state index contributed by atoms with van der Waals surface area (Å²) in [4.78, 5) is 18.0. The predicted octanol–water partition coefficient (Wildman–Crippen LogP) is 3.38. The van der Waals surface area contributed by atoms with Gasteiger partial charge in [-0.15, -0.1) is 0 Å². The highest BCUT2D eigenvalue weighted by atomic mass is 32.2. The van der Waals surface area contributed by atoms with Crippen LogP contribution in [0.25, 0.3) is 11.0 Å². The van der Waals surface area contributed by atoms with Crippen LogP contribution in [0.4, 0.5) is 13.2 Å². The Morgan fingerprint density at radius 3 is 2.61 bits per heavy atom. The lowest BCUT2D eigenvalue weighted by Gasteiger charge is -2.30. The number of primary sulfonamides is 1. The molecule has 31 heavy (non-hydrogen) atoms. The number of nitrogens with zero attached hydrogens (tertiary/aromatic N) is 3. The SMILES string of the molecule is CCCn1c(SCC(=O)N(CC(F)(F)F)[C@H](C)C2CC2)nc2cc(S(N)(=O)=O)ccc21. The molecule has 1 atom stereocenters. The number of benzene rings is 1. The summed E-state index contributed by atoms with van der Waals surface area (Å²) in [5, 5.41) is 5.63. The molecule has 2 N–H and O–H groups in total. The van der Waals surface area contributed by atoms with Gasteiger partial charge in [-0.3, -0.25) is 4.79 Å². The van der Waals surface area contributed by atoms with Crippen molar-refractivity contribution in [3.63, 3.8) is 0 Å². The van der Waals surface area contributed by atoms with Gasteiger partial charge in [0.25, 0.3) is 0 Å². The molecular formula is C19H25F3N4O3S2. The number of halogens is 3. The van der Waals surface area contributed by atoms with Crippen LogP contribution in [0.3, 0.4) is 0 Å². The number of fused-ring (bicyclic) bond motifs is 1. The van der Waals surface area contributed by atoms with Crippen molar-refractivity contribution in [3.8, 4) is 0 Å². The average Bonchev–Trinajstić information content (AvgIpc) is 3.46. The van der Waals surface area contributed by atoms with Crippen LogP contribution in [-0.4, -0.2) is 53.3 Å².